The van der Waals surface area contributed by atoms with Crippen LogP contribution in [0.4, 0.5) is 0 Å². The molecular weight excluding hydrogens is 178 g/mol. The van der Waals surface area contributed by atoms with Gasteiger partial charge in [-0.3, -0.25) is 4.79 Å². The van der Waals surface area contributed by atoms with Crippen LogP contribution in [0.2, 0.25) is 0 Å². The third-order valence-corrected chi connectivity index (χ3v) is 2.29. The van der Waals surface area contributed by atoms with Crippen LogP contribution < -0.4 is 5.73 Å². The van der Waals surface area contributed by atoms with Crippen LogP contribution in [0.1, 0.15) is 17.2 Å². The largest absolute Gasteiger partial charge is 0.316 e. The number of amides is 1. The van der Waals surface area contributed by atoms with Crippen LogP contribution in [-0.2, 0) is 4.79 Å². The zero-order chi connectivity index (χ0) is 10.1. The van der Waals surface area contributed by atoms with Crippen LogP contribution in [0.3, 0.4) is 0 Å². The molecule has 1 aromatic rings. The Morgan fingerprint density at radius 2 is 2.14 bits per heavy atom. The first-order valence-corrected chi connectivity index (χ1v) is 4.36. The molecule has 2 rings (SSSR count). The van der Waals surface area contributed by atoms with Crippen molar-refractivity contribution in [3.63, 3.8) is 0 Å². The molecule has 2 N–H and O–H groups in total. The van der Waals surface area contributed by atoms with E-state index in [1.807, 2.05) is 24.3 Å². The van der Waals surface area contributed by atoms with Gasteiger partial charge in [-0.25, -0.2) is 5.01 Å². The van der Waals surface area contributed by atoms with Crippen LogP contribution in [0, 0.1) is 0 Å². The highest BCUT2D eigenvalue weighted by molar-refractivity contribution is 5.92. The van der Waals surface area contributed by atoms with E-state index in [0.29, 0.717) is 0 Å². The van der Waals surface area contributed by atoms with Crippen molar-refractivity contribution < 1.29 is 4.79 Å². The van der Waals surface area contributed by atoms with Crippen molar-refractivity contribution in [3.8, 4) is 0 Å². The van der Waals surface area contributed by atoms with Crippen molar-refractivity contribution in [2.45, 2.75) is 6.04 Å². The number of rotatable bonds is 0. The van der Waals surface area contributed by atoms with Crippen LogP contribution in [0.15, 0.2) is 29.4 Å². The summed E-state index contributed by atoms with van der Waals surface area (Å²) in [6, 6.07) is 6.89. The van der Waals surface area contributed by atoms with Gasteiger partial charge in [-0.2, -0.15) is 5.10 Å². The maximum absolute atomic E-state index is 11.6. The van der Waals surface area contributed by atoms with Gasteiger partial charge < -0.3 is 5.73 Å². The summed E-state index contributed by atoms with van der Waals surface area (Å²) in [7, 11) is 1.60. The number of fused-ring (bicyclic) bond motifs is 1. The number of benzene rings is 1. The molecule has 1 heterocycles. The molecule has 1 aromatic carbocycles. The lowest BCUT2D eigenvalue weighted by molar-refractivity contribution is -0.131. The van der Waals surface area contributed by atoms with Gasteiger partial charge in [0.2, 0.25) is 0 Å². The number of hydrogen-bond acceptors (Lipinski definition) is 3. The maximum atomic E-state index is 11.6. The van der Waals surface area contributed by atoms with Crippen LogP contribution >= 0.6 is 0 Å². The van der Waals surface area contributed by atoms with Crippen molar-refractivity contribution in [2.75, 3.05) is 7.05 Å². The minimum atomic E-state index is -0.612. The van der Waals surface area contributed by atoms with Crippen LogP contribution in [-0.4, -0.2) is 24.2 Å². The average molecular weight is 189 g/mol. The van der Waals surface area contributed by atoms with Gasteiger partial charge in [0, 0.05) is 7.05 Å². The highest BCUT2D eigenvalue weighted by atomic mass is 16.2. The van der Waals surface area contributed by atoms with Gasteiger partial charge in [-0.05, 0) is 11.1 Å². The summed E-state index contributed by atoms with van der Waals surface area (Å²) in [6.07, 6.45) is 1.65. The fourth-order valence-corrected chi connectivity index (χ4v) is 1.45. The quantitative estimate of drug-likeness (QED) is 0.645. The van der Waals surface area contributed by atoms with E-state index in [1.54, 1.807) is 13.3 Å². The second-order valence-electron chi connectivity index (χ2n) is 3.21. The highest BCUT2D eigenvalue weighted by Gasteiger charge is 2.23. The van der Waals surface area contributed by atoms with E-state index < -0.39 is 6.04 Å². The lowest BCUT2D eigenvalue weighted by Crippen LogP contribution is -2.31. The molecule has 0 spiro atoms. The summed E-state index contributed by atoms with van der Waals surface area (Å²) < 4.78 is 0. The topological polar surface area (TPSA) is 58.7 Å². The first kappa shape index (κ1) is 8.90. The maximum Gasteiger partial charge on any atom is 0.263 e. The average Bonchev–Trinajstić information content (AvgIpc) is 2.32. The predicted molar refractivity (Wildman–Crippen MR) is 53.7 cm³/mol. The predicted octanol–water partition coefficient (Wildman–Crippen LogP) is 0.492. The lowest BCUT2D eigenvalue weighted by atomic mass is 10.0. The molecule has 1 atom stereocenters. The summed E-state index contributed by atoms with van der Waals surface area (Å²) in [5.41, 5.74) is 7.53. The van der Waals surface area contributed by atoms with Gasteiger partial charge >= 0.3 is 0 Å². The first-order chi connectivity index (χ1) is 6.70. The van der Waals surface area contributed by atoms with Crippen molar-refractivity contribution in [2.24, 2.45) is 10.8 Å². The van der Waals surface area contributed by atoms with Gasteiger partial charge in [0.15, 0.2) is 0 Å². The summed E-state index contributed by atoms with van der Waals surface area (Å²) in [5.74, 6) is -0.189. The molecule has 0 fully saturated rings. The summed E-state index contributed by atoms with van der Waals surface area (Å²) in [5, 5.41) is 5.24. The molecule has 0 bridgehead atoms. The normalized spacial score (nSPS) is 20.6. The SMILES string of the molecule is CN1N=Cc2ccccc2C(N)C1=O. The van der Waals surface area contributed by atoms with E-state index in [-0.39, 0.29) is 5.91 Å². The standard InChI is InChI=1S/C10H11N3O/c1-13-10(14)9(11)8-5-3-2-4-7(8)6-12-13/h2-6,9H,11H2,1H3. The number of likely N-dealkylation sites (N-methyl/N-ethyl adjacent to an activating group) is 1. The Morgan fingerprint density at radius 1 is 1.43 bits per heavy atom. The third-order valence-electron chi connectivity index (χ3n) is 2.29. The van der Waals surface area contributed by atoms with E-state index in [9.17, 15) is 4.79 Å². The molecule has 4 heteroatoms. The van der Waals surface area contributed by atoms with Crippen molar-refractivity contribution >= 4 is 12.1 Å². The Bertz CT molecular complexity index is 400. The Labute approximate surface area is 82.0 Å². The summed E-state index contributed by atoms with van der Waals surface area (Å²) >= 11 is 0. The molecular formula is C10H11N3O. The third kappa shape index (κ3) is 1.29. The number of carbonyl (C=O) groups is 1. The molecule has 1 aliphatic heterocycles. The monoisotopic (exact) mass is 189 g/mol. The van der Waals surface area contributed by atoms with E-state index in [2.05, 4.69) is 5.10 Å². The summed E-state index contributed by atoms with van der Waals surface area (Å²) in [6.45, 7) is 0. The molecule has 4 nitrogen and oxygen atoms in total. The number of hydrogen-bond donors (Lipinski definition) is 1. The van der Waals surface area contributed by atoms with Gasteiger partial charge in [-0.1, -0.05) is 24.3 Å². The zero-order valence-electron chi connectivity index (χ0n) is 7.84. The smallest absolute Gasteiger partial charge is 0.263 e. The van der Waals surface area contributed by atoms with E-state index in [0.717, 1.165) is 11.1 Å². The van der Waals surface area contributed by atoms with Gasteiger partial charge in [0.1, 0.15) is 6.04 Å². The summed E-state index contributed by atoms with van der Waals surface area (Å²) in [4.78, 5) is 11.6. The molecule has 1 amide bonds. The van der Waals surface area contributed by atoms with E-state index >= 15 is 0 Å². The fourth-order valence-electron chi connectivity index (χ4n) is 1.45. The minimum absolute atomic E-state index is 0.189. The molecule has 1 aliphatic rings. The van der Waals surface area contributed by atoms with Gasteiger partial charge in [0.05, 0.1) is 6.21 Å². The number of nitrogens with two attached hydrogens (primary N) is 1. The Kier molecular flexibility index (Phi) is 2.05. The van der Waals surface area contributed by atoms with E-state index in [4.69, 9.17) is 5.73 Å². The molecule has 0 saturated heterocycles. The molecule has 0 radical (unpaired) electrons. The molecule has 14 heavy (non-hydrogen) atoms. The number of nitrogens with zero attached hydrogens (tertiary/aromatic N) is 2. The molecule has 0 aliphatic carbocycles. The Hall–Kier alpha value is -1.68. The molecule has 0 saturated carbocycles. The van der Waals surface area contributed by atoms with Crippen molar-refractivity contribution in [3.05, 3.63) is 35.4 Å². The Morgan fingerprint density at radius 3 is 2.93 bits per heavy atom. The molecule has 0 aromatic heterocycles. The fraction of sp³-hybridized carbons (Fsp3) is 0.200. The molecule has 1 unspecified atom stereocenters. The van der Waals surface area contributed by atoms with E-state index in [1.165, 1.54) is 5.01 Å². The second-order valence-corrected chi connectivity index (χ2v) is 3.21. The highest BCUT2D eigenvalue weighted by Crippen LogP contribution is 2.19. The van der Waals surface area contributed by atoms with Crippen molar-refractivity contribution in [1.82, 2.24) is 5.01 Å². The minimum Gasteiger partial charge on any atom is -0.316 e. The molecule has 72 valence electrons. The lowest BCUT2D eigenvalue weighted by Gasteiger charge is -2.14. The van der Waals surface area contributed by atoms with Gasteiger partial charge in [-0.15, -0.1) is 0 Å². The van der Waals surface area contributed by atoms with Gasteiger partial charge in [0.25, 0.3) is 5.91 Å². The number of carbonyl (C=O) groups excluding carboxylic acids is 1. The number of hydrazone groups is 1. The van der Waals surface area contributed by atoms with Crippen molar-refractivity contribution in [1.29, 1.82) is 0 Å². The first-order valence-electron chi connectivity index (χ1n) is 4.36. The van der Waals surface area contributed by atoms with Crippen LogP contribution in [0.5, 0.6) is 0 Å². The Balaban J connectivity index is 2.54. The zero-order valence-corrected chi connectivity index (χ0v) is 7.84. The van der Waals surface area contributed by atoms with Crippen LogP contribution in [0.25, 0.3) is 0 Å². The second kappa shape index (κ2) is 3.23.